The van der Waals surface area contributed by atoms with Crippen LogP contribution in [0.15, 0.2) is 18.2 Å². The summed E-state index contributed by atoms with van der Waals surface area (Å²) in [6.07, 6.45) is 2.35. The van der Waals surface area contributed by atoms with Gasteiger partial charge in [-0.2, -0.15) is 0 Å². The van der Waals surface area contributed by atoms with Crippen molar-refractivity contribution in [1.82, 2.24) is 10.2 Å². The number of nitrogens with one attached hydrogen (secondary N) is 1. The van der Waals surface area contributed by atoms with Crippen LogP contribution < -0.4 is 10.2 Å². The summed E-state index contributed by atoms with van der Waals surface area (Å²) in [5.41, 5.74) is 2.60. The molecular weight excluding hydrogens is 355 g/mol. The lowest BCUT2D eigenvalue weighted by Gasteiger charge is -2.30. The Labute approximate surface area is 165 Å². The van der Waals surface area contributed by atoms with Crippen LogP contribution in [0.1, 0.15) is 42.6 Å². The molecule has 1 aromatic carbocycles. The molecule has 0 aliphatic carbocycles. The number of nitrogens with zero attached hydrogens (tertiary/aromatic N) is 3. The van der Waals surface area contributed by atoms with E-state index in [0.29, 0.717) is 18.5 Å². The lowest BCUT2D eigenvalue weighted by Crippen LogP contribution is -2.52. The van der Waals surface area contributed by atoms with Crippen molar-refractivity contribution in [2.24, 2.45) is 0 Å². The van der Waals surface area contributed by atoms with Gasteiger partial charge < -0.3 is 9.80 Å². The molecule has 7 nitrogen and oxygen atoms in total. The minimum atomic E-state index is -0.581. The van der Waals surface area contributed by atoms with Crippen LogP contribution in [0.2, 0.25) is 12.6 Å². The van der Waals surface area contributed by atoms with E-state index in [1.807, 2.05) is 32.0 Å². The van der Waals surface area contributed by atoms with Gasteiger partial charge in [-0.25, -0.2) is 5.26 Å². The molecule has 4 rings (SSSR count). The van der Waals surface area contributed by atoms with Gasteiger partial charge in [0.1, 0.15) is 6.04 Å². The predicted octanol–water partition coefficient (Wildman–Crippen LogP) is 1.85. The highest BCUT2D eigenvalue weighted by atomic mass is 16.2. The molecule has 28 heavy (non-hydrogen) atoms. The smallest absolute Gasteiger partial charge is 0.271 e. The van der Waals surface area contributed by atoms with Crippen LogP contribution in [-0.2, 0) is 16.1 Å². The van der Waals surface area contributed by atoms with Gasteiger partial charge in [-0.1, -0.05) is 13.8 Å². The zero-order valence-electron chi connectivity index (χ0n) is 16.4. The number of amides is 3. The molecule has 0 aromatic heterocycles. The number of benzene rings is 1. The maximum atomic E-state index is 12.7. The Morgan fingerprint density at radius 1 is 1.18 bits per heavy atom. The first-order valence-corrected chi connectivity index (χ1v) is 9.99. The number of nitriles is 1. The van der Waals surface area contributed by atoms with Crippen LogP contribution in [-0.4, -0.2) is 48.5 Å². The summed E-state index contributed by atoms with van der Waals surface area (Å²) in [4.78, 5) is 40.0. The zero-order valence-corrected chi connectivity index (χ0v) is 16.4. The van der Waals surface area contributed by atoms with Gasteiger partial charge in [0.05, 0.1) is 0 Å². The van der Waals surface area contributed by atoms with Crippen LogP contribution in [0.25, 0.3) is 0 Å². The number of rotatable bonds is 2. The van der Waals surface area contributed by atoms with Gasteiger partial charge in [0.25, 0.3) is 12.6 Å². The van der Waals surface area contributed by atoms with Gasteiger partial charge >= 0.3 is 0 Å². The minimum absolute atomic E-state index is 0.130. The topological polar surface area (TPSA) is 93.5 Å². The zero-order chi connectivity index (χ0) is 20.3. The van der Waals surface area contributed by atoms with E-state index >= 15 is 0 Å². The number of carbonyl (C=O) groups is 3. The van der Waals surface area contributed by atoms with Crippen LogP contribution in [0.3, 0.4) is 0 Å². The van der Waals surface area contributed by atoms with Crippen molar-refractivity contribution in [3.05, 3.63) is 29.3 Å². The summed E-state index contributed by atoms with van der Waals surface area (Å²) in [5, 5.41) is 11.3. The number of fused-ring (bicyclic) bond motifs is 1. The number of piperidine rings is 1. The SMILES string of the molecule is CC.N#CB1CCN(c2ccc3c(c2)CN(C2CCC(=O)NC2=O)C3=O)CC1. The van der Waals surface area contributed by atoms with Crippen LogP contribution in [0.5, 0.6) is 0 Å². The quantitative estimate of drug-likeness (QED) is 0.624. The normalized spacial score (nSPS) is 21.5. The fourth-order valence-electron chi connectivity index (χ4n) is 4.02. The molecule has 0 saturated carbocycles. The molecule has 1 N–H and O–H groups in total. The summed E-state index contributed by atoms with van der Waals surface area (Å²) in [6.45, 7) is 6.19. The molecular formula is C20H25BN4O3. The molecule has 0 radical (unpaired) electrons. The van der Waals surface area contributed by atoms with Crippen LogP contribution in [0.4, 0.5) is 5.69 Å². The van der Waals surface area contributed by atoms with Gasteiger partial charge in [0, 0.05) is 43.3 Å². The van der Waals surface area contributed by atoms with Crippen molar-refractivity contribution >= 4 is 30.1 Å². The van der Waals surface area contributed by atoms with Gasteiger partial charge in [0.15, 0.2) is 0 Å². The molecule has 2 saturated heterocycles. The molecule has 3 aliphatic rings. The first-order valence-electron chi connectivity index (χ1n) is 9.99. The van der Waals surface area contributed by atoms with Gasteiger partial charge in [0.2, 0.25) is 11.8 Å². The van der Waals surface area contributed by atoms with Crippen molar-refractivity contribution in [2.75, 3.05) is 18.0 Å². The molecule has 0 bridgehead atoms. The first kappa shape index (κ1) is 19.9. The number of hydrogen-bond acceptors (Lipinski definition) is 5. The Morgan fingerprint density at radius 3 is 2.54 bits per heavy atom. The predicted molar refractivity (Wildman–Crippen MR) is 107 cm³/mol. The molecule has 3 amide bonds. The Bertz CT molecular complexity index is 827. The molecule has 8 heteroatoms. The highest BCUT2D eigenvalue weighted by molar-refractivity contribution is 6.67. The van der Waals surface area contributed by atoms with Crippen LogP contribution in [0, 0.1) is 11.2 Å². The first-order chi connectivity index (χ1) is 13.6. The van der Waals surface area contributed by atoms with Gasteiger partial charge in [-0.05, 0) is 42.8 Å². The van der Waals surface area contributed by atoms with Crippen molar-refractivity contribution in [3.63, 3.8) is 0 Å². The lowest BCUT2D eigenvalue weighted by molar-refractivity contribution is -0.136. The second-order valence-corrected chi connectivity index (χ2v) is 7.13. The van der Waals surface area contributed by atoms with Crippen LogP contribution >= 0.6 is 0 Å². The van der Waals surface area contributed by atoms with Gasteiger partial charge in [-0.15, -0.1) is 0 Å². The highest BCUT2D eigenvalue weighted by Gasteiger charge is 2.39. The molecule has 3 aliphatic heterocycles. The lowest BCUT2D eigenvalue weighted by atomic mass is 9.45. The van der Waals surface area contributed by atoms with Crippen molar-refractivity contribution < 1.29 is 14.4 Å². The fraction of sp³-hybridized carbons (Fsp3) is 0.500. The summed E-state index contributed by atoms with van der Waals surface area (Å²) in [7, 11) is 0. The van der Waals surface area contributed by atoms with E-state index in [-0.39, 0.29) is 30.9 Å². The molecule has 1 aromatic rings. The Balaban J connectivity index is 0.00000109. The molecule has 1 atom stereocenters. The van der Waals surface area contributed by atoms with Crippen molar-refractivity contribution in [1.29, 1.82) is 5.26 Å². The average Bonchev–Trinajstić information content (AvgIpc) is 3.05. The van der Waals surface area contributed by atoms with E-state index in [4.69, 9.17) is 5.26 Å². The monoisotopic (exact) mass is 380 g/mol. The summed E-state index contributed by atoms with van der Waals surface area (Å²) < 4.78 is 0. The number of anilines is 1. The maximum absolute atomic E-state index is 12.7. The third-order valence-corrected chi connectivity index (χ3v) is 5.55. The Kier molecular flexibility index (Phi) is 6.03. The number of hydrogen-bond donors (Lipinski definition) is 1. The molecule has 146 valence electrons. The highest BCUT2D eigenvalue weighted by Crippen LogP contribution is 2.31. The standard InChI is InChI=1S/C18H19BN4O3.C2H6/c20-11-19-5-7-22(8-6-19)13-1-2-14-12(9-13)10-23(18(14)26)15-3-4-16(24)21-17(15)25;1-2/h1-2,9,15H,3-8,10H2,(H,21,24,25);1-2H3. The average molecular weight is 380 g/mol. The van der Waals surface area contributed by atoms with E-state index in [9.17, 15) is 14.4 Å². The second-order valence-electron chi connectivity index (χ2n) is 7.13. The van der Waals surface area contributed by atoms with Crippen molar-refractivity contribution in [2.45, 2.75) is 51.9 Å². The Morgan fingerprint density at radius 2 is 1.89 bits per heavy atom. The largest absolute Gasteiger partial charge is 0.373 e. The van der Waals surface area contributed by atoms with E-state index in [1.54, 1.807) is 4.90 Å². The summed E-state index contributed by atoms with van der Waals surface area (Å²) in [5.74, 6) is 1.52. The minimum Gasteiger partial charge on any atom is -0.373 e. The number of carbonyl (C=O) groups excluding carboxylic acids is 3. The fourth-order valence-corrected chi connectivity index (χ4v) is 4.02. The number of imide groups is 1. The second kappa shape index (κ2) is 8.47. The van der Waals surface area contributed by atoms with E-state index in [0.717, 1.165) is 37.0 Å². The summed E-state index contributed by atoms with van der Waals surface area (Å²) in [6, 6.07) is 5.21. The van der Waals surface area contributed by atoms with Gasteiger partial charge in [-0.3, -0.25) is 19.7 Å². The maximum Gasteiger partial charge on any atom is 0.271 e. The van der Waals surface area contributed by atoms with E-state index in [2.05, 4.69) is 16.2 Å². The van der Waals surface area contributed by atoms with E-state index < -0.39 is 6.04 Å². The molecule has 3 heterocycles. The third-order valence-electron chi connectivity index (χ3n) is 5.55. The molecule has 2 fully saturated rings. The van der Waals surface area contributed by atoms with Crippen molar-refractivity contribution in [3.8, 4) is 5.97 Å². The third kappa shape index (κ3) is 3.75. The Hall–Kier alpha value is -2.82. The molecule has 0 spiro atoms. The summed E-state index contributed by atoms with van der Waals surface area (Å²) >= 11 is 0. The molecule has 1 unspecified atom stereocenters. The van der Waals surface area contributed by atoms with E-state index in [1.165, 1.54) is 0 Å².